The highest BCUT2D eigenvalue weighted by atomic mass is 16.2. The number of hydrogen-bond donors (Lipinski definition) is 0. The Morgan fingerprint density at radius 3 is 2.12 bits per heavy atom. The molecule has 7 nitrogen and oxygen atoms in total. The Hall–Kier alpha value is -2.67. The molecule has 2 fully saturated rings. The molecule has 0 radical (unpaired) electrons. The van der Waals surface area contributed by atoms with E-state index in [0.717, 1.165) is 31.7 Å². The van der Waals surface area contributed by atoms with Crippen molar-refractivity contribution in [1.29, 1.82) is 0 Å². The summed E-state index contributed by atoms with van der Waals surface area (Å²) < 4.78 is 0. The molecule has 0 aliphatic carbocycles. The monoisotopic (exact) mass is 440 g/mol. The van der Waals surface area contributed by atoms with Crippen LogP contribution in [0.2, 0.25) is 0 Å². The second kappa shape index (κ2) is 11.8. The average molecular weight is 441 g/mol. The Morgan fingerprint density at radius 2 is 1.53 bits per heavy atom. The van der Waals surface area contributed by atoms with E-state index in [0.29, 0.717) is 45.6 Å². The molecule has 2 aliphatic rings. The number of carbonyl (C=O) groups is 3. The number of benzene rings is 1. The van der Waals surface area contributed by atoms with Crippen molar-refractivity contribution in [3.05, 3.63) is 42.0 Å². The summed E-state index contributed by atoms with van der Waals surface area (Å²) >= 11 is 0. The summed E-state index contributed by atoms with van der Waals surface area (Å²) in [4.78, 5) is 45.5. The van der Waals surface area contributed by atoms with Gasteiger partial charge < -0.3 is 14.7 Å². The van der Waals surface area contributed by atoms with Gasteiger partial charge in [-0.1, -0.05) is 30.3 Å². The maximum Gasteiger partial charge on any atom is 0.246 e. The van der Waals surface area contributed by atoms with Gasteiger partial charge in [-0.05, 0) is 38.3 Å². The Bertz CT molecular complexity index is 791. The zero-order chi connectivity index (χ0) is 22.9. The summed E-state index contributed by atoms with van der Waals surface area (Å²) in [5, 5.41) is 0. The zero-order valence-electron chi connectivity index (χ0n) is 19.4. The number of likely N-dealkylation sites (N-methyl/N-ethyl adjacent to an activating group) is 1. The quantitative estimate of drug-likeness (QED) is 0.608. The Labute approximate surface area is 191 Å². The average Bonchev–Trinajstić information content (AvgIpc) is 2.84. The molecule has 7 heteroatoms. The summed E-state index contributed by atoms with van der Waals surface area (Å²) in [5.41, 5.74) is 1.00. The van der Waals surface area contributed by atoms with Crippen LogP contribution in [0.5, 0.6) is 0 Å². The molecule has 3 amide bonds. The van der Waals surface area contributed by atoms with Crippen LogP contribution in [-0.2, 0) is 14.4 Å². The van der Waals surface area contributed by atoms with Crippen LogP contribution in [0, 0.1) is 5.92 Å². The molecule has 2 heterocycles. The fraction of sp³-hybridized carbons (Fsp3) is 0.560. The fourth-order valence-corrected chi connectivity index (χ4v) is 4.44. The van der Waals surface area contributed by atoms with Gasteiger partial charge in [0.2, 0.25) is 17.7 Å². The van der Waals surface area contributed by atoms with Gasteiger partial charge in [-0.15, -0.1) is 0 Å². The maximum absolute atomic E-state index is 13.0. The van der Waals surface area contributed by atoms with E-state index in [1.165, 1.54) is 0 Å². The molecule has 0 saturated carbocycles. The lowest BCUT2D eigenvalue weighted by Gasteiger charge is -2.38. The zero-order valence-corrected chi connectivity index (χ0v) is 19.4. The van der Waals surface area contributed by atoms with Crippen LogP contribution in [0.3, 0.4) is 0 Å². The highest BCUT2D eigenvalue weighted by Gasteiger charge is 2.31. The van der Waals surface area contributed by atoms with Crippen LogP contribution in [0.15, 0.2) is 36.4 Å². The maximum atomic E-state index is 13.0. The molecule has 32 heavy (non-hydrogen) atoms. The van der Waals surface area contributed by atoms with E-state index in [2.05, 4.69) is 4.90 Å². The summed E-state index contributed by atoms with van der Waals surface area (Å²) in [6.07, 6.45) is 4.88. The van der Waals surface area contributed by atoms with Crippen molar-refractivity contribution in [2.24, 2.45) is 5.92 Å². The van der Waals surface area contributed by atoms with E-state index in [4.69, 9.17) is 0 Å². The van der Waals surface area contributed by atoms with Crippen LogP contribution in [-0.4, -0.2) is 96.2 Å². The van der Waals surface area contributed by atoms with Crippen molar-refractivity contribution >= 4 is 23.8 Å². The molecule has 0 unspecified atom stereocenters. The number of piperidine rings is 1. The summed E-state index contributed by atoms with van der Waals surface area (Å²) in [5.74, 6) is 0.354. The summed E-state index contributed by atoms with van der Waals surface area (Å²) in [6.45, 7) is 9.94. The first kappa shape index (κ1) is 24.0. The predicted octanol–water partition coefficient (Wildman–Crippen LogP) is 1.95. The van der Waals surface area contributed by atoms with Crippen LogP contribution < -0.4 is 0 Å². The number of likely N-dealkylation sites (tertiary alicyclic amines) is 1. The minimum atomic E-state index is -0.0130. The van der Waals surface area contributed by atoms with E-state index in [1.54, 1.807) is 6.08 Å². The normalized spacial score (nSPS) is 18.2. The molecule has 3 rings (SSSR count). The smallest absolute Gasteiger partial charge is 0.246 e. The van der Waals surface area contributed by atoms with Gasteiger partial charge in [0.15, 0.2) is 0 Å². The van der Waals surface area contributed by atoms with Crippen LogP contribution in [0.4, 0.5) is 0 Å². The molecule has 0 spiro atoms. The number of hydrogen-bond acceptors (Lipinski definition) is 4. The van der Waals surface area contributed by atoms with Crippen molar-refractivity contribution in [1.82, 2.24) is 19.6 Å². The number of amides is 3. The molecule has 2 saturated heterocycles. The number of nitrogens with zero attached hydrogens (tertiary/aromatic N) is 4. The minimum Gasteiger partial charge on any atom is -0.342 e. The molecular weight excluding hydrogens is 404 g/mol. The van der Waals surface area contributed by atoms with E-state index in [-0.39, 0.29) is 23.6 Å². The van der Waals surface area contributed by atoms with Gasteiger partial charge in [-0.3, -0.25) is 19.3 Å². The molecule has 1 aromatic carbocycles. The SMILES string of the molecule is CCN(CC)C(=O)CN1CCN(C(=O)C2CCN(C(=O)/C=C/c3ccccc3)CC2)CC1. The van der Waals surface area contributed by atoms with Gasteiger partial charge >= 0.3 is 0 Å². The summed E-state index contributed by atoms with van der Waals surface area (Å²) in [7, 11) is 0. The topological polar surface area (TPSA) is 64.2 Å². The van der Waals surface area contributed by atoms with Gasteiger partial charge in [0.25, 0.3) is 0 Å². The number of carbonyl (C=O) groups excluding carboxylic acids is 3. The highest BCUT2D eigenvalue weighted by molar-refractivity contribution is 5.92. The van der Waals surface area contributed by atoms with Crippen LogP contribution >= 0.6 is 0 Å². The number of piperazine rings is 1. The van der Waals surface area contributed by atoms with E-state index < -0.39 is 0 Å². The molecule has 0 aromatic heterocycles. The molecule has 0 N–H and O–H groups in total. The van der Waals surface area contributed by atoms with E-state index >= 15 is 0 Å². The third kappa shape index (κ3) is 6.42. The van der Waals surface area contributed by atoms with Crippen LogP contribution in [0.25, 0.3) is 6.08 Å². The lowest BCUT2D eigenvalue weighted by Crippen LogP contribution is -2.53. The lowest BCUT2D eigenvalue weighted by atomic mass is 9.95. The molecule has 1 aromatic rings. The third-order valence-corrected chi connectivity index (χ3v) is 6.53. The van der Waals surface area contributed by atoms with Crippen molar-refractivity contribution in [3.63, 3.8) is 0 Å². The third-order valence-electron chi connectivity index (χ3n) is 6.53. The van der Waals surface area contributed by atoms with Crippen molar-refractivity contribution < 1.29 is 14.4 Å². The van der Waals surface area contributed by atoms with Gasteiger partial charge in [0.05, 0.1) is 6.54 Å². The fourth-order valence-electron chi connectivity index (χ4n) is 4.44. The molecule has 2 aliphatic heterocycles. The number of rotatable bonds is 7. The first-order valence-electron chi connectivity index (χ1n) is 11.8. The lowest BCUT2D eigenvalue weighted by molar-refractivity contribution is -0.141. The Kier molecular flexibility index (Phi) is 8.85. The molecule has 174 valence electrons. The van der Waals surface area contributed by atoms with Crippen LogP contribution in [0.1, 0.15) is 32.3 Å². The Morgan fingerprint density at radius 1 is 0.906 bits per heavy atom. The predicted molar refractivity (Wildman–Crippen MR) is 126 cm³/mol. The standard InChI is InChI=1S/C25H36N4O3/c1-3-27(4-2)24(31)20-26-16-18-29(19-17-26)25(32)22-12-14-28(15-13-22)23(30)11-10-21-8-6-5-7-9-21/h5-11,22H,3-4,12-20H2,1-2H3/b11-10+. The van der Waals surface area contributed by atoms with Gasteiger partial charge in [0, 0.05) is 64.4 Å². The second-order valence-corrected chi connectivity index (χ2v) is 8.51. The second-order valence-electron chi connectivity index (χ2n) is 8.51. The first-order valence-corrected chi connectivity index (χ1v) is 11.8. The van der Waals surface area contributed by atoms with Crippen molar-refractivity contribution in [2.45, 2.75) is 26.7 Å². The van der Waals surface area contributed by atoms with Crippen molar-refractivity contribution in [3.8, 4) is 0 Å². The van der Waals surface area contributed by atoms with E-state index in [9.17, 15) is 14.4 Å². The van der Waals surface area contributed by atoms with Gasteiger partial charge in [0.1, 0.15) is 0 Å². The largest absolute Gasteiger partial charge is 0.342 e. The molecular formula is C25H36N4O3. The molecule has 0 bridgehead atoms. The first-order chi connectivity index (χ1) is 15.5. The minimum absolute atomic E-state index is 0.00577. The highest BCUT2D eigenvalue weighted by Crippen LogP contribution is 2.21. The van der Waals surface area contributed by atoms with Gasteiger partial charge in [-0.25, -0.2) is 0 Å². The van der Waals surface area contributed by atoms with Crippen molar-refractivity contribution in [2.75, 3.05) is 58.9 Å². The van der Waals surface area contributed by atoms with E-state index in [1.807, 2.05) is 65.0 Å². The van der Waals surface area contributed by atoms with Gasteiger partial charge in [-0.2, -0.15) is 0 Å². The molecule has 0 atom stereocenters. The summed E-state index contributed by atoms with van der Waals surface area (Å²) in [6, 6.07) is 9.78. The Balaban J connectivity index is 1.40.